The molecular weight excluding hydrogens is 190 g/mol. The fraction of sp³-hybridized carbons (Fsp3) is 0.833. The van der Waals surface area contributed by atoms with Crippen molar-refractivity contribution >= 4 is 12.2 Å². The van der Waals surface area contributed by atoms with Crippen LogP contribution in [0.4, 0.5) is 0 Å². The number of unbranched alkanes of at least 4 members (excludes halogenated alkanes) is 2. The molecule has 1 saturated heterocycles. The van der Waals surface area contributed by atoms with Crippen LogP contribution in [0.25, 0.3) is 0 Å². The minimum Gasteiger partial charge on any atom is -0.343 e. The largest absolute Gasteiger partial charge is 0.343 e. The number of carbonyl (C=O) groups is 2. The molecule has 0 aromatic rings. The smallest absolute Gasteiger partial charge is 0.222 e. The Bertz CT molecular complexity index is 208. The highest BCUT2D eigenvalue weighted by molar-refractivity contribution is 5.76. The number of nitrogens with zero attached hydrogens (tertiary/aromatic N) is 1. The van der Waals surface area contributed by atoms with Gasteiger partial charge in [0.05, 0.1) is 0 Å². The van der Waals surface area contributed by atoms with E-state index in [1.807, 2.05) is 4.90 Å². The molecular formula is C12H21NO2. The van der Waals surface area contributed by atoms with Crippen LogP contribution >= 0.6 is 0 Å². The fourth-order valence-corrected chi connectivity index (χ4v) is 1.97. The first kappa shape index (κ1) is 12.2. The maximum atomic E-state index is 11.7. The summed E-state index contributed by atoms with van der Waals surface area (Å²) in [4.78, 5) is 24.2. The van der Waals surface area contributed by atoms with E-state index in [-0.39, 0.29) is 11.8 Å². The van der Waals surface area contributed by atoms with E-state index in [4.69, 9.17) is 0 Å². The number of amides is 1. The first-order valence-corrected chi connectivity index (χ1v) is 6.01. The van der Waals surface area contributed by atoms with Crippen molar-refractivity contribution in [2.45, 2.75) is 45.4 Å². The Morgan fingerprint density at radius 3 is 2.53 bits per heavy atom. The van der Waals surface area contributed by atoms with Gasteiger partial charge in [-0.15, -0.1) is 0 Å². The summed E-state index contributed by atoms with van der Waals surface area (Å²) in [5.41, 5.74) is 0. The van der Waals surface area contributed by atoms with E-state index < -0.39 is 0 Å². The molecule has 0 N–H and O–H groups in total. The highest BCUT2D eigenvalue weighted by Crippen LogP contribution is 2.16. The van der Waals surface area contributed by atoms with Crippen molar-refractivity contribution in [1.29, 1.82) is 0 Å². The lowest BCUT2D eigenvalue weighted by Gasteiger charge is -2.29. The molecule has 0 bridgehead atoms. The number of piperidine rings is 1. The lowest BCUT2D eigenvalue weighted by atomic mass is 9.98. The molecule has 3 heteroatoms. The normalized spacial score (nSPS) is 17.8. The van der Waals surface area contributed by atoms with Crippen molar-refractivity contribution in [2.24, 2.45) is 5.92 Å². The van der Waals surface area contributed by atoms with Crippen LogP contribution in [-0.4, -0.2) is 30.2 Å². The number of carbonyl (C=O) groups excluding carboxylic acids is 2. The molecule has 3 nitrogen and oxygen atoms in total. The van der Waals surface area contributed by atoms with Gasteiger partial charge in [0.1, 0.15) is 6.29 Å². The van der Waals surface area contributed by atoms with Crippen molar-refractivity contribution in [3.8, 4) is 0 Å². The van der Waals surface area contributed by atoms with E-state index in [9.17, 15) is 9.59 Å². The van der Waals surface area contributed by atoms with Gasteiger partial charge in [-0.3, -0.25) is 4.79 Å². The summed E-state index contributed by atoms with van der Waals surface area (Å²) in [6, 6.07) is 0. The third-order valence-electron chi connectivity index (χ3n) is 3.08. The first-order valence-electron chi connectivity index (χ1n) is 6.01. The summed E-state index contributed by atoms with van der Waals surface area (Å²) in [7, 11) is 0. The van der Waals surface area contributed by atoms with Crippen LogP contribution in [0.3, 0.4) is 0 Å². The second-order valence-electron chi connectivity index (χ2n) is 4.31. The second kappa shape index (κ2) is 6.59. The quantitative estimate of drug-likeness (QED) is 0.515. The van der Waals surface area contributed by atoms with Crippen molar-refractivity contribution in [3.05, 3.63) is 0 Å². The molecule has 0 aliphatic carbocycles. The Labute approximate surface area is 91.8 Å². The summed E-state index contributed by atoms with van der Waals surface area (Å²) in [5.74, 6) is 0.456. The predicted molar refractivity (Wildman–Crippen MR) is 59.5 cm³/mol. The molecule has 1 amide bonds. The molecule has 0 spiro atoms. The van der Waals surface area contributed by atoms with Crippen LogP contribution in [0.2, 0.25) is 0 Å². The summed E-state index contributed by atoms with van der Waals surface area (Å²) in [5, 5.41) is 0. The molecule has 15 heavy (non-hydrogen) atoms. The van der Waals surface area contributed by atoms with Crippen molar-refractivity contribution in [1.82, 2.24) is 4.90 Å². The van der Waals surface area contributed by atoms with Crippen LogP contribution in [0.1, 0.15) is 45.4 Å². The van der Waals surface area contributed by atoms with Gasteiger partial charge in [-0.25, -0.2) is 0 Å². The molecule has 0 saturated carbocycles. The fourth-order valence-electron chi connectivity index (χ4n) is 1.97. The zero-order valence-electron chi connectivity index (χ0n) is 9.58. The van der Waals surface area contributed by atoms with Gasteiger partial charge in [0.2, 0.25) is 5.91 Å². The topological polar surface area (TPSA) is 37.4 Å². The van der Waals surface area contributed by atoms with E-state index in [1.165, 1.54) is 0 Å². The molecule has 0 aromatic carbocycles. The predicted octanol–water partition coefficient (Wildman–Crippen LogP) is 2.00. The van der Waals surface area contributed by atoms with Crippen molar-refractivity contribution in [3.63, 3.8) is 0 Å². The number of aldehydes is 1. The standard InChI is InChI=1S/C12H21NO2/c1-2-3-4-5-12(15)13-8-6-11(10-14)7-9-13/h10-11H,2-9H2,1H3. The Hall–Kier alpha value is -0.860. The zero-order valence-corrected chi connectivity index (χ0v) is 9.58. The van der Waals surface area contributed by atoms with Crippen LogP contribution in [0.15, 0.2) is 0 Å². The van der Waals surface area contributed by atoms with Gasteiger partial charge < -0.3 is 9.69 Å². The number of hydrogen-bond donors (Lipinski definition) is 0. The van der Waals surface area contributed by atoms with Crippen LogP contribution in [0.5, 0.6) is 0 Å². The number of likely N-dealkylation sites (tertiary alicyclic amines) is 1. The van der Waals surface area contributed by atoms with Crippen molar-refractivity contribution in [2.75, 3.05) is 13.1 Å². The highest BCUT2D eigenvalue weighted by Gasteiger charge is 2.21. The third-order valence-corrected chi connectivity index (χ3v) is 3.08. The van der Waals surface area contributed by atoms with Crippen LogP contribution in [0, 0.1) is 5.92 Å². The molecule has 1 aliphatic rings. The third kappa shape index (κ3) is 4.02. The van der Waals surface area contributed by atoms with Gasteiger partial charge in [0, 0.05) is 25.4 Å². The van der Waals surface area contributed by atoms with E-state index in [0.29, 0.717) is 6.42 Å². The molecule has 1 fully saturated rings. The molecule has 0 radical (unpaired) electrons. The summed E-state index contributed by atoms with van der Waals surface area (Å²) in [6.07, 6.45) is 6.70. The van der Waals surface area contributed by atoms with Crippen molar-refractivity contribution < 1.29 is 9.59 Å². The van der Waals surface area contributed by atoms with Gasteiger partial charge >= 0.3 is 0 Å². The minimum absolute atomic E-state index is 0.185. The van der Waals surface area contributed by atoms with Gasteiger partial charge in [-0.2, -0.15) is 0 Å². The average molecular weight is 211 g/mol. The number of rotatable bonds is 5. The Kier molecular flexibility index (Phi) is 5.37. The Morgan fingerprint density at radius 1 is 1.33 bits per heavy atom. The molecule has 1 aliphatic heterocycles. The van der Waals surface area contributed by atoms with E-state index in [1.54, 1.807) is 0 Å². The lowest BCUT2D eigenvalue weighted by Crippen LogP contribution is -2.38. The first-order chi connectivity index (χ1) is 7.27. The Morgan fingerprint density at radius 2 is 2.00 bits per heavy atom. The molecule has 86 valence electrons. The molecule has 1 heterocycles. The summed E-state index contributed by atoms with van der Waals surface area (Å²) >= 11 is 0. The van der Waals surface area contributed by atoms with E-state index in [2.05, 4.69) is 6.92 Å². The van der Waals surface area contributed by atoms with Gasteiger partial charge in [0.25, 0.3) is 0 Å². The second-order valence-corrected chi connectivity index (χ2v) is 4.31. The minimum atomic E-state index is 0.185. The van der Waals surface area contributed by atoms with Gasteiger partial charge in [-0.1, -0.05) is 19.8 Å². The SMILES string of the molecule is CCCCCC(=O)N1CCC(C=O)CC1. The average Bonchev–Trinajstić information content (AvgIpc) is 2.29. The molecule has 0 unspecified atom stereocenters. The monoisotopic (exact) mass is 211 g/mol. The molecule has 0 atom stereocenters. The lowest BCUT2D eigenvalue weighted by molar-refractivity contribution is -0.133. The molecule has 1 rings (SSSR count). The highest BCUT2D eigenvalue weighted by atomic mass is 16.2. The maximum Gasteiger partial charge on any atom is 0.222 e. The molecule has 0 aromatic heterocycles. The van der Waals surface area contributed by atoms with E-state index >= 15 is 0 Å². The maximum absolute atomic E-state index is 11.7. The van der Waals surface area contributed by atoms with Crippen LogP contribution < -0.4 is 0 Å². The summed E-state index contributed by atoms with van der Waals surface area (Å²) < 4.78 is 0. The zero-order chi connectivity index (χ0) is 11.1. The van der Waals surface area contributed by atoms with Gasteiger partial charge in [0.15, 0.2) is 0 Å². The Balaban J connectivity index is 2.21. The summed E-state index contributed by atoms with van der Waals surface area (Å²) in [6.45, 7) is 3.68. The number of hydrogen-bond acceptors (Lipinski definition) is 2. The van der Waals surface area contributed by atoms with Crippen LogP contribution in [-0.2, 0) is 9.59 Å². The van der Waals surface area contributed by atoms with E-state index in [0.717, 1.165) is 51.5 Å². The van der Waals surface area contributed by atoms with Gasteiger partial charge in [-0.05, 0) is 19.3 Å².